The van der Waals surface area contributed by atoms with Crippen LogP contribution < -0.4 is 15.9 Å². The average Bonchev–Trinajstić information content (AvgIpc) is 3.46. The summed E-state index contributed by atoms with van der Waals surface area (Å²) in [5.74, 6) is 0.608. The highest BCUT2D eigenvalue weighted by Crippen LogP contribution is 2.38. The van der Waals surface area contributed by atoms with Crippen LogP contribution >= 0.6 is 0 Å². The van der Waals surface area contributed by atoms with E-state index < -0.39 is 0 Å². The van der Waals surface area contributed by atoms with Gasteiger partial charge in [0.05, 0.1) is 22.4 Å². The van der Waals surface area contributed by atoms with Gasteiger partial charge in [0.1, 0.15) is 0 Å². The van der Waals surface area contributed by atoms with E-state index in [0.29, 0.717) is 18.0 Å². The number of piperidine rings is 1. The van der Waals surface area contributed by atoms with Crippen molar-refractivity contribution in [2.45, 2.75) is 89.3 Å². The summed E-state index contributed by atoms with van der Waals surface area (Å²) in [5, 5.41) is 3.71. The Labute approximate surface area is 221 Å². The second-order valence-corrected chi connectivity index (χ2v) is 11.8. The van der Waals surface area contributed by atoms with Gasteiger partial charge >= 0.3 is 5.69 Å². The number of aromatic amines is 1. The van der Waals surface area contributed by atoms with Gasteiger partial charge in [0.2, 0.25) is 0 Å². The predicted octanol–water partition coefficient (Wildman–Crippen LogP) is 6.50. The van der Waals surface area contributed by atoms with E-state index in [9.17, 15) is 4.79 Å². The van der Waals surface area contributed by atoms with Crippen molar-refractivity contribution in [3.8, 4) is 0 Å². The summed E-state index contributed by atoms with van der Waals surface area (Å²) in [6.45, 7) is 3.13. The molecule has 0 bridgehead atoms. The third-order valence-corrected chi connectivity index (χ3v) is 9.26. The minimum atomic E-state index is 0.0335. The molecule has 2 atom stereocenters. The van der Waals surface area contributed by atoms with Crippen LogP contribution in [0.5, 0.6) is 0 Å². The monoisotopic (exact) mass is 501 g/mol. The van der Waals surface area contributed by atoms with Crippen LogP contribution in [0.15, 0.2) is 47.3 Å². The molecule has 0 radical (unpaired) electrons. The largest absolute Gasteiger partial charge is 0.367 e. The second kappa shape index (κ2) is 10.9. The van der Waals surface area contributed by atoms with E-state index in [1.807, 2.05) is 4.57 Å². The first-order chi connectivity index (χ1) is 18.2. The number of hydrogen-bond acceptors (Lipinski definition) is 4. The van der Waals surface area contributed by atoms with Gasteiger partial charge in [0.15, 0.2) is 0 Å². The van der Waals surface area contributed by atoms with E-state index in [0.717, 1.165) is 35.5 Å². The summed E-state index contributed by atoms with van der Waals surface area (Å²) in [6, 6.07) is 16.1. The van der Waals surface area contributed by atoms with Crippen LogP contribution in [0.4, 0.5) is 17.1 Å². The van der Waals surface area contributed by atoms with Gasteiger partial charge in [-0.05, 0) is 95.1 Å². The average molecular weight is 502 g/mol. The fourth-order valence-electron chi connectivity index (χ4n) is 7.17. The number of H-pyrrole nitrogens is 1. The van der Waals surface area contributed by atoms with Gasteiger partial charge in [-0.25, -0.2) is 4.79 Å². The summed E-state index contributed by atoms with van der Waals surface area (Å²) in [4.78, 5) is 21.6. The Kier molecular flexibility index (Phi) is 7.27. The Bertz CT molecular complexity index is 1240. The van der Waals surface area contributed by atoms with Crippen molar-refractivity contribution in [1.82, 2.24) is 14.5 Å². The van der Waals surface area contributed by atoms with Crippen LogP contribution in [0.2, 0.25) is 0 Å². The zero-order valence-corrected chi connectivity index (χ0v) is 22.4. The van der Waals surface area contributed by atoms with Crippen molar-refractivity contribution in [1.29, 1.82) is 0 Å². The lowest BCUT2D eigenvalue weighted by atomic mass is 9.89. The number of nitrogens with one attached hydrogen (secondary N) is 2. The first-order valence-corrected chi connectivity index (χ1v) is 14.7. The molecule has 0 spiro atoms. The van der Waals surface area contributed by atoms with Crippen molar-refractivity contribution in [3.63, 3.8) is 0 Å². The summed E-state index contributed by atoms with van der Waals surface area (Å²) in [6.07, 6.45) is 14.0. The molecule has 6 heteroatoms. The lowest BCUT2D eigenvalue weighted by Crippen LogP contribution is -2.43. The number of para-hydroxylation sites is 1. The van der Waals surface area contributed by atoms with Gasteiger partial charge in [-0.1, -0.05) is 37.5 Å². The third-order valence-electron chi connectivity index (χ3n) is 9.26. The zero-order chi connectivity index (χ0) is 25.2. The Morgan fingerprint density at radius 2 is 1.68 bits per heavy atom. The quantitative estimate of drug-likeness (QED) is 0.388. The van der Waals surface area contributed by atoms with Crippen LogP contribution in [0.25, 0.3) is 11.0 Å². The maximum Gasteiger partial charge on any atom is 0.326 e. The molecule has 2 aliphatic heterocycles. The first-order valence-electron chi connectivity index (χ1n) is 14.7. The molecule has 2 aromatic carbocycles. The van der Waals surface area contributed by atoms with Gasteiger partial charge < -0.3 is 20.1 Å². The first kappa shape index (κ1) is 24.6. The van der Waals surface area contributed by atoms with E-state index in [-0.39, 0.29) is 5.69 Å². The number of fused-ring (bicyclic) bond motifs is 1. The number of aromatic nitrogens is 2. The number of imidazole rings is 1. The van der Waals surface area contributed by atoms with Gasteiger partial charge in [-0.15, -0.1) is 0 Å². The topological polar surface area (TPSA) is 56.3 Å². The minimum Gasteiger partial charge on any atom is -0.367 e. The molecule has 3 aliphatic rings. The summed E-state index contributed by atoms with van der Waals surface area (Å²) in [5.41, 5.74) is 5.45. The number of likely N-dealkylation sites (tertiary alicyclic amines) is 1. The van der Waals surface area contributed by atoms with Crippen LogP contribution in [0.1, 0.15) is 70.6 Å². The smallest absolute Gasteiger partial charge is 0.326 e. The molecule has 3 aromatic rings. The molecule has 2 unspecified atom stereocenters. The van der Waals surface area contributed by atoms with Crippen LogP contribution in [-0.2, 0) is 6.54 Å². The fourth-order valence-corrected chi connectivity index (χ4v) is 7.17. The van der Waals surface area contributed by atoms with E-state index in [1.165, 1.54) is 82.9 Å². The molecule has 2 N–H and O–H groups in total. The Hall–Kier alpha value is -2.73. The summed E-state index contributed by atoms with van der Waals surface area (Å²) >= 11 is 0. The van der Waals surface area contributed by atoms with Crippen LogP contribution in [0, 0.1) is 5.92 Å². The van der Waals surface area contributed by atoms with Gasteiger partial charge in [0, 0.05) is 30.9 Å². The highest BCUT2D eigenvalue weighted by atomic mass is 16.1. The molecule has 37 heavy (non-hydrogen) atoms. The van der Waals surface area contributed by atoms with E-state index >= 15 is 0 Å². The third kappa shape index (κ3) is 5.31. The molecular formula is C31H43N5O. The summed E-state index contributed by atoms with van der Waals surface area (Å²) < 4.78 is 2.03. The standard InChI is InChI=1S/C31H43N5O/c1-34-17-10-16-25(34)19-26-15-8-9-18-35(26)29-21-30-28(20-27(29)32-24-13-6-3-7-14-24)33-31(37)36(30)22-23-11-4-2-5-12-23/h3,6-7,13-14,20-21,23,25-26,32H,2,4-5,8-12,15-19,22H2,1H3,(H,33,37). The van der Waals surface area contributed by atoms with Gasteiger partial charge in [-0.2, -0.15) is 0 Å². The number of rotatable bonds is 7. The highest BCUT2D eigenvalue weighted by Gasteiger charge is 2.31. The molecule has 2 saturated heterocycles. The maximum atomic E-state index is 13.2. The van der Waals surface area contributed by atoms with Crippen molar-refractivity contribution in [2.75, 3.05) is 30.4 Å². The van der Waals surface area contributed by atoms with Crippen molar-refractivity contribution < 1.29 is 0 Å². The van der Waals surface area contributed by atoms with Crippen molar-refractivity contribution >= 4 is 28.1 Å². The molecular weight excluding hydrogens is 458 g/mol. The maximum absolute atomic E-state index is 13.2. The summed E-state index contributed by atoms with van der Waals surface area (Å²) in [7, 11) is 2.29. The normalized spacial score (nSPS) is 23.6. The van der Waals surface area contributed by atoms with E-state index in [2.05, 4.69) is 69.6 Å². The lowest BCUT2D eigenvalue weighted by Gasteiger charge is -2.40. The zero-order valence-electron chi connectivity index (χ0n) is 22.4. The molecule has 6 nitrogen and oxygen atoms in total. The number of benzene rings is 2. The molecule has 0 amide bonds. The number of hydrogen-bond donors (Lipinski definition) is 2. The Morgan fingerprint density at radius 3 is 2.46 bits per heavy atom. The number of anilines is 3. The minimum absolute atomic E-state index is 0.0335. The number of nitrogens with zero attached hydrogens (tertiary/aromatic N) is 3. The van der Waals surface area contributed by atoms with Crippen LogP contribution in [0.3, 0.4) is 0 Å². The molecule has 3 heterocycles. The Morgan fingerprint density at radius 1 is 0.892 bits per heavy atom. The van der Waals surface area contributed by atoms with E-state index in [1.54, 1.807) is 0 Å². The van der Waals surface area contributed by atoms with Crippen molar-refractivity contribution in [3.05, 3.63) is 52.9 Å². The highest BCUT2D eigenvalue weighted by molar-refractivity contribution is 5.90. The second-order valence-electron chi connectivity index (χ2n) is 11.8. The van der Waals surface area contributed by atoms with Crippen molar-refractivity contribution in [2.24, 2.45) is 5.92 Å². The molecule has 3 fully saturated rings. The predicted molar refractivity (Wildman–Crippen MR) is 154 cm³/mol. The fraction of sp³-hybridized carbons (Fsp3) is 0.581. The molecule has 6 rings (SSSR count). The molecule has 198 valence electrons. The lowest BCUT2D eigenvalue weighted by molar-refractivity contribution is 0.266. The molecule has 1 aliphatic carbocycles. The van der Waals surface area contributed by atoms with Crippen LogP contribution in [-0.4, -0.2) is 46.7 Å². The van der Waals surface area contributed by atoms with Gasteiger partial charge in [-0.3, -0.25) is 4.57 Å². The SMILES string of the molecule is CN1CCCC1CC1CCCCN1c1cc2c(cc1Nc1ccccc1)[nH]c(=O)n2CC1CCCCC1. The molecule has 1 aromatic heterocycles. The van der Waals surface area contributed by atoms with Gasteiger partial charge in [0.25, 0.3) is 0 Å². The molecule has 1 saturated carbocycles. The van der Waals surface area contributed by atoms with E-state index in [4.69, 9.17) is 0 Å². The Balaban J connectivity index is 1.39.